The summed E-state index contributed by atoms with van der Waals surface area (Å²) in [6.45, 7) is 3.41. The van der Waals surface area contributed by atoms with Gasteiger partial charge in [-0.05, 0) is 55.8 Å². The van der Waals surface area contributed by atoms with Gasteiger partial charge in [0, 0.05) is 44.4 Å². The van der Waals surface area contributed by atoms with Crippen LogP contribution < -0.4 is 4.74 Å². The SMILES string of the molecule is CCOC(=O)[C@]1(CC(=O)c2ccc(Cl)cc2)C(=O)Oc2ccc(Br)cc2[C@H]1[C@@H](CC)C(=O)c1ccccc1. The molecule has 0 N–H and O–H groups in total. The highest BCUT2D eigenvalue weighted by Crippen LogP contribution is 2.54. The van der Waals surface area contributed by atoms with Gasteiger partial charge in [0.2, 0.25) is 0 Å². The van der Waals surface area contributed by atoms with Gasteiger partial charge in [0.1, 0.15) is 5.75 Å². The number of fused-ring (bicyclic) bond motifs is 1. The van der Waals surface area contributed by atoms with E-state index in [-0.39, 0.29) is 23.7 Å². The van der Waals surface area contributed by atoms with Crippen LogP contribution in [0.2, 0.25) is 5.02 Å². The number of benzene rings is 3. The molecule has 0 aromatic heterocycles. The van der Waals surface area contributed by atoms with Crippen molar-refractivity contribution >= 4 is 51.0 Å². The van der Waals surface area contributed by atoms with Gasteiger partial charge < -0.3 is 9.47 Å². The Morgan fingerprint density at radius 3 is 2.32 bits per heavy atom. The van der Waals surface area contributed by atoms with E-state index in [1.807, 2.05) is 6.92 Å². The molecule has 3 aromatic rings. The second-order valence-electron chi connectivity index (χ2n) is 9.09. The minimum atomic E-state index is -2.09. The lowest BCUT2D eigenvalue weighted by Crippen LogP contribution is -2.54. The van der Waals surface area contributed by atoms with Crippen molar-refractivity contribution in [2.75, 3.05) is 6.61 Å². The third-order valence-electron chi connectivity index (χ3n) is 6.89. The lowest BCUT2D eigenvalue weighted by molar-refractivity contribution is -0.171. The number of halogens is 2. The quantitative estimate of drug-likeness (QED) is 0.116. The molecule has 0 saturated carbocycles. The van der Waals surface area contributed by atoms with Gasteiger partial charge in [0.15, 0.2) is 17.0 Å². The highest BCUT2D eigenvalue weighted by Gasteiger charge is 2.62. The molecule has 1 aliphatic heterocycles. The van der Waals surface area contributed by atoms with Crippen LogP contribution in [0.25, 0.3) is 0 Å². The molecule has 6 nitrogen and oxygen atoms in total. The molecule has 8 heteroatoms. The van der Waals surface area contributed by atoms with Gasteiger partial charge in [-0.2, -0.15) is 0 Å². The zero-order valence-corrected chi connectivity index (χ0v) is 23.3. The Labute approximate surface area is 234 Å². The highest BCUT2D eigenvalue weighted by atomic mass is 79.9. The number of hydrogen-bond acceptors (Lipinski definition) is 6. The van der Waals surface area contributed by atoms with Crippen molar-refractivity contribution < 1.29 is 28.7 Å². The van der Waals surface area contributed by atoms with Gasteiger partial charge in [-0.15, -0.1) is 0 Å². The molecule has 0 unspecified atom stereocenters. The molecule has 3 aromatic carbocycles. The molecule has 0 fully saturated rings. The molecule has 38 heavy (non-hydrogen) atoms. The van der Waals surface area contributed by atoms with Crippen LogP contribution in [0.3, 0.4) is 0 Å². The van der Waals surface area contributed by atoms with Crippen LogP contribution in [0.15, 0.2) is 77.3 Å². The molecule has 0 saturated heterocycles. The minimum Gasteiger partial charge on any atom is -0.465 e. The molecule has 1 aliphatic rings. The zero-order valence-electron chi connectivity index (χ0n) is 20.9. The van der Waals surface area contributed by atoms with Gasteiger partial charge in [-0.3, -0.25) is 19.2 Å². The summed E-state index contributed by atoms with van der Waals surface area (Å²) in [7, 11) is 0. The normalized spacial score (nSPS) is 19.2. The van der Waals surface area contributed by atoms with Crippen LogP contribution in [-0.2, 0) is 14.3 Å². The molecule has 4 rings (SSSR count). The topological polar surface area (TPSA) is 86.7 Å². The Kier molecular flexibility index (Phi) is 8.48. The first-order valence-electron chi connectivity index (χ1n) is 12.3. The lowest BCUT2D eigenvalue weighted by Gasteiger charge is -2.43. The smallest absolute Gasteiger partial charge is 0.330 e. The van der Waals surface area contributed by atoms with E-state index in [1.165, 1.54) is 12.1 Å². The fraction of sp³-hybridized carbons (Fsp3) is 0.267. The van der Waals surface area contributed by atoms with Crippen molar-refractivity contribution in [3.05, 3.63) is 99.0 Å². The Bertz CT molecular complexity index is 1370. The number of esters is 2. The van der Waals surface area contributed by atoms with E-state index in [0.717, 1.165) is 0 Å². The Balaban J connectivity index is 1.95. The van der Waals surface area contributed by atoms with E-state index in [9.17, 15) is 19.2 Å². The maximum atomic E-state index is 13.9. The first-order chi connectivity index (χ1) is 18.2. The van der Waals surface area contributed by atoms with Crippen LogP contribution in [0.5, 0.6) is 5.75 Å². The van der Waals surface area contributed by atoms with Crippen LogP contribution >= 0.6 is 27.5 Å². The number of ketones is 2. The van der Waals surface area contributed by atoms with Gasteiger partial charge in [0.25, 0.3) is 0 Å². The van der Waals surface area contributed by atoms with Crippen LogP contribution in [0, 0.1) is 11.3 Å². The van der Waals surface area contributed by atoms with E-state index in [2.05, 4.69) is 15.9 Å². The second-order valence-corrected chi connectivity index (χ2v) is 10.4. The number of Topliss-reactive ketones (excluding diaryl/α,β-unsaturated/α-hetero) is 2. The fourth-order valence-electron chi connectivity index (χ4n) is 5.10. The van der Waals surface area contributed by atoms with Crippen molar-refractivity contribution in [1.29, 1.82) is 0 Å². The van der Waals surface area contributed by atoms with Crippen molar-refractivity contribution in [1.82, 2.24) is 0 Å². The van der Waals surface area contributed by atoms with Crippen LogP contribution in [0.4, 0.5) is 0 Å². The lowest BCUT2D eigenvalue weighted by atomic mass is 9.60. The Morgan fingerprint density at radius 2 is 1.68 bits per heavy atom. The van der Waals surface area contributed by atoms with Crippen molar-refractivity contribution in [3.63, 3.8) is 0 Å². The summed E-state index contributed by atoms with van der Waals surface area (Å²) in [5.41, 5.74) is -0.901. The molecular weight excluding hydrogens is 572 g/mol. The standard InChI is InChI=1S/C30H26BrClO6/c1-3-22(27(34)19-8-6-5-7-9-19)26-23-16-20(31)12-15-25(23)38-29(36)30(26,28(35)37-4-2)17-24(33)18-10-13-21(32)14-11-18/h5-16,22,26H,3-4,17H2,1-2H3/t22-,26-,30-/m1/s1. The van der Waals surface area contributed by atoms with Gasteiger partial charge in [-0.1, -0.05) is 64.8 Å². The van der Waals surface area contributed by atoms with Gasteiger partial charge in [0.05, 0.1) is 6.61 Å². The number of rotatable bonds is 9. The summed E-state index contributed by atoms with van der Waals surface area (Å²) in [4.78, 5) is 55.2. The Morgan fingerprint density at radius 1 is 1.00 bits per heavy atom. The van der Waals surface area contributed by atoms with E-state index in [4.69, 9.17) is 21.1 Å². The van der Waals surface area contributed by atoms with Crippen LogP contribution in [-0.4, -0.2) is 30.1 Å². The second kappa shape index (κ2) is 11.6. The molecule has 0 aliphatic carbocycles. The molecule has 0 spiro atoms. The van der Waals surface area contributed by atoms with Crippen molar-refractivity contribution in [3.8, 4) is 5.75 Å². The number of ether oxygens (including phenoxy) is 2. The van der Waals surface area contributed by atoms with Gasteiger partial charge >= 0.3 is 11.9 Å². The van der Waals surface area contributed by atoms with Crippen LogP contribution in [0.1, 0.15) is 58.9 Å². The van der Waals surface area contributed by atoms with E-state index < -0.39 is 41.4 Å². The molecule has 0 bridgehead atoms. The average molecular weight is 598 g/mol. The molecule has 0 amide bonds. The van der Waals surface area contributed by atoms with Crippen molar-refractivity contribution in [2.45, 2.75) is 32.6 Å². The summed E-state index contributed by atoms with van der Waals surface area (Å²) in [6, 6.07) is 19.9. The summed E-state index contributed by atoms with van der Waals surface area (Å²) >= 11 is 9.46. The monoisotopic (exact) mass is 596 g/mol. The predicted octanol–water partition coefficient (Wildman–Crippen LogP) is 6.84. The number of carbonyl (C=O) groups excluding carboxylic acids is 4. The summed E-state index contributed by atoms with van der Waals surface area (Å²) < 4.78 is 11.8. The largest absolute Gasteiger partial charge is 0.465 e. The Hall–Kier alpha value is -3.29. The predicted molar refractivity (Wildman–Crippen MR) is 147 cm³/mol. The first kappa shape index (κ1) is 27.7. The molecule has 1 heterocycles. The van der Waals surface area contributed by atoms with E-state index in [1.54, 1.807) is 67.6 Å². The first-order valence-corrected chi connectivity index (χ1v) is 13.5. The maximum absolute atomic E-state index is 13.9. The van der Waals surface area contributed by atoms with Crippen molar-refractivity contribution in [2.24, 2.45) is 11.3 Å². The third-order valence-corrected chi connectivity index (χ3v) is 7.63. The average Bonchev–Trinajstić information content (AvgIpc) is 2.91. The number of carbonyl (C=O) groups is 4. The van der Waals surface area contributed by atoms with Gasteiger partial charge in [-0.25, -0.2) is 0 Å². The molecule has 3 atom stereocenters. The molecule has 196 valence electrons. The molecule has 0 radical (unpaired) electrons. The number of hydrogen-bond donors (Lipinski definition) is 0. The highest BCUT2D eigenvalue weighted by molar-refractivity contribution is 9.10. The fourth-order valence-corrected chi connectivity index (χ4v) is 5.61. The zero-order chi connectivity index (χ0) is 27.4. The summed E-state index contributed by atoms with van der Waals surface area (Å²) in [5, 5.41) is 0.440. The summed E-state index contributed by atoms with van der Waals surface area (Å²) in [5.74, 6) is -4.16. The maximum Gasteiger partial charge on any atom is 0.330 e. The molecular formula is C30H26BrClO6. The minimum absolute atomic E-state index is 0.0233. The third kappa shape index (κ3) is 5.18. The van der Waals surface area contributed by atoms with E-state index in [0.29, 0.717) is 27.0 Å². The summed E-state index contributed by atoms with van der Waals surface area (Å²) in [6.07, 6.45) is -0.241. The van der Waals surface area contributed by atoms with E-state index >= 15 is 0 Å².